The summed E-state index contributed by atoms with van der Waals surface area (Å²) < 4.78 is 12.3. The van der Waals surface area contributed by atoms with Crippen molar-refractivity contribution in [2.24, 2.45) is 0 Å². The van der Waals surface area contributed by atoms with Crippen LogP contribution in [0.3, 0.4) is 0 Å². The molecular formula is C12H14N2O3S. The lowest BCUT2D eigenvalue weighted by atomic mass is 10.3. The van der Waals surface area contributed by atoms with Crippen molar-refractivity contribution in [1.29, 1.82) is 0 Å². The number of carbonyl (C=O) groups excluding carboxylic acids is 1. The van der Waals surface area contributed by atoms with E-state index in [2.05, 4.69) is 9.72 Å². The van der Waals surface area contributed by atoms with Crippen LogP contribution in [0.15, 0.2) is 18.2 Å². The number of aromatic amines is 1. The minimum atomic E-state index is -0.255. The Kier molecular flexibility index (Phi) is 3.66. The van der Waals surface area contributed by atoms with Gasteiger partial charge in [-0.1, -0.05) is 6.07 Å². The summed E-state index contributed by atoms with van der Waals surface area (Å²) >= 11 is 5.25. The molecule has 0 aliphatic rings. The molecular weight excluding hydrogens is 252 g/mol. The summed E-state index contributed by atoms with van der Waals surface area (Å²) in [6.07, 6.45) is 0.287. The lowest BCUT2D eigenvalue weighted by Crippen LogP contribution is -2.06. The molecule has 2 aromatic rings. The van der Waals surface area contributed by atoms with Gasteiger partial charge in [-0.25, -0.2) is 0 Å². The molecule has 0 aliphatic heterocycles. The fourth-order valence-corrected chi connectivity index (χ4v) is 2.14. The van der Waals surface area contributed by atoms with Gasteiger partial charge in [-0.2, -0.15) is 0 Å². The quantitative estimate of drug-likeness (QED) is 0.681. The van der Waals surface area contributed by atoms with Crippen LogP contribution in [0.5, 0.6) is 5.75 Å². The van der Waals surface area contributed by atoms with Gasteiger partial charge in [0.25, 0.3) is 0 Å². The van der Waals surface area contributed by atoms with Crippen molar-refractivity contribution in [3.63, 3.8) is 0 Å². The molecule has 2 rings (SSSR count). The molecule has 0 aliphatic carbocycles. The Hall–Kier alpha value is -1.82. The topological polar surface area (TPSA) is 56.2 Å². The number of benzene rings is 1. The predicted molar refractivity (Wildman–Crippen MR) is 70.3 cm³/mol. The van der Waals surface area contributed by atoms with E-state index in [1.54, 1.807) is 7.11 Å². The van der Waals surface area contributed by atoms with Crippen LogP contribution >= 0.6 is 12.2 Å². The summed E-state index contributed by atoms with van der Waals surface area (Å²) in [6.45, 7) is 0.485. The molecule has 0 atom stereocenters. The molecule has 0 saturated carbocycles. The number of carbonyl (C=O) groups is 1. The van der Waals surface area contributed by atoms with Gasteiger partial charge in [0.1, 0.15) is 11.3 Å². The second kappa shape index (κ2) is 5.22. The predicted octanol–water partition coefficient (Wildman–Crippen LogP) is 2.27. The molecule has 0 unspecified atom stereocenters. The summed E-state index contributed by atoms with van der Waals surface area (Å²) in [5.41, 5.74) is 1.76. The van der Waals surface area contributed by atoms with Crippen molar-refractivity contribution in [3.8, 4) is 5.75 Å². The van der Waals surface area contributed by atoms with E-state index < -0.39 is 0 Å². The zero-order chi connectivity index (χ0) is 13.1. The van der Waals surface area contributed by atoms with Gasteiger partial charge in [0.2, 0.25) is 0 Å². The maximum atomic E-state index is 11.2. The van der Waals surface area contributed by atoms with E-state index in [4.69, 9.17) is 17.0 Å². The number of nitrogens with zero attached hydrogens (tertiary/aromatic N) is 1. The Balaban J connectivity index is 2.42. The summed E-state index contributed by atoms with van der Waals surface area (Å²) in [5.74, 6) is 0.476. The highest BCUT2D eigenvalue weighted by molar-refractivity contribution is 7.71. The van der Waals surface area contributed by atoms with Crippen molar-refractivity contribution in [1.82, 2.24) is 9.55 Å². The average Bonchev–Trinajstić information content (AvgIpc) is 2.71. The molecule has 1 aromatic heterocycles. The van der Waals surface area contributed by atoms with Crippen molar-refractivity contribution in [2.45, 2.75) is 13.0 Å². The third-order valence-corrected chi connectivity index (χ3v) is 3.08. The van der Waals surface area contributed by atoms with Gasteiger partial charge in [-0.05, 0) is 24.4 Å². The number of hydrogen-bond acceptors (Lipinski definition) is 4. The third kappa shape index (κ3) is 2.24. The van der Waals surface area contributed by atoms with Gasteiger partial charge in [0.15, 0.2) is 4.77 Å². The van der Waals surface area contributed by atoms with Crippen LogP contribution < -0.4 is 4.74 Å². The maximum Gasteiger partial charge on any atom is 0.307 e. The molecule has 0 bridgehead atoms. The largest absolute Gasteiger partial charge is 0.494 e. The highest BCUT2D eigenvalue weighted by atomic mass is 32.1. The van der Waals surface area contributed by atoms with Crippen molar-refractivity contribution in [3.05, 3.63) is 23.0 Å². The van der Waals surface area contributed by atoms with E-state index in [9.17, 15) is 4.79 Å². The van der Waals surface area contributed by atoms with E-state index in [1.165, 1.54) is 7.11 Å². The molecule has 1 aromatic carbocycles. The number of nitrogens with one attached hydrogen (secondary N) is 1. The van der Waals surface area contributed by atoms with E-state index in [0.29, 0.717) is 11.3 Å². The van der Waals surface area contributed by atoms with Crippen LogP contribution in [0, 0.1) is 4.77 Å². The van der Waals surface area contributed by atoms with Gasteiger partial charge < -0.3 is 19.0 Å². The molecule has 6 heteroatoms. The zero-order valence-electron chi connectivity index (χ0n) is 10.2. The number of hydrogen-bond donors (Lipinski definition) is 1. The molecule has 0 spiro atoms. The van der Waals surface area contributed by atoms with E-state index in [0.717, 1.165) is 16.8 Å². The number of esters is 1. The summed E-state index contributed by atoms with van der Waals surface area (Å²) in [7, 11) is 2.98. The van der Waals surface area contributed by atoms with Gasteiger partial charge in [-0.15, -0.1) is 0 Å². The van der Waals surface area contributed by atoms with E-state index in [-0.39, 0.29) is 12.4 Å². The fraction of sp³-hybridized carbons (Fsp3) is 0.333. The molecule has 18 heavy (non-hydrogen) atoms. The Bertz CT molecular complexity index is 630. The fourth-order valence-electron chi connectivity index (χ4n) is 1.85. The Labute approximate surface area is 109 Å². The molecule has 1 N–H and O–H groups in total. The van der Waals surface area contributed by atoms with Crippen LogP contribution in [-0.2, 0) is 16.1 Å². The third-order valence-electron chi connectivity index (χ3n) is 2.76. The number of aryl methyl sites for hydroxylation is 1. The molecule has 96 valence electrons. The minimum absolute atomic E-state index is 0.255. The van der Waals surface area contributed by atoms with E-state index >= 15 is 0 Å². The number of rotatable bonds is 4. The first-order valence-electron chi connectivity index (χ1n) is 5.49. The normalized spacial score (nSPS) is 10.6. The van der Waals surface area contributed by atoms with Crippen LogP contribution in [-0.4, -0.2) is 29.7 Å². The van der Waals surface area contributed by atoms with Crippen LogP contribution in [0.2, 0.25) is 0 Å². The van der Waals surface area contributed by atoms with Crippen LogP contribution in [0.4, 0.5) is 0 Å². The monoisotopic (exact) mass is 266 g/mol. The Morgan fingerprint density at radius 2 is 2.22 bits per heavy atom. The van der Waals surface area contributed by atoms with Gasteiger partial charge in [0.05, 0.1) is 26.2 Å². The second-order valence-electron chi connectivity index (χ2n) is 3.76. The number of ether oxygens (including phenoxy) is 2. The molecule has 1 heterocycles. The number of fused-ring (bicyclic) bond motifs is 1. The maximum absolute atomic E-state index is 11.2. The van der Waals surface area contributed by atoms with Gasteiger partial charge >= 0.3 is 5.97 Å². The Morgan fingerprint density at radius 3 is 2.89 bits per heavy atom. The molecule has 0 fully saturated rings. The highest BCUT2D eigenvalue weighted by Crippen LogP contribution is 2.24. The van der Waals surface area contributed by atoms with Gasteiger partial charge in [-0.3, -0.25) is 4.79 Å². The smallest absolute Gasteiger partial charge is 0.307 e. The first-order valence-corrected chi connectivity index (χ1v) is 5.90. The van der Waals surface area contributed by atoms with Crippen molar-refractivity contribution >= 4 is 29.2 Å². The number of imidazole rings is 1. The minimum Gasteiger partial charge on any atom is -0.494 e. The van der Waals surface area contributed by atoms with Crippen LogP contribution in [0.1, 0.15) is 6.42 Å². The lowest BCUT2D eigenvalue weighted by molar-refractivity contribution is -0.140. The SMILES string of the molecule is COC(=O)CCn1c(=S)[nH]c2c(OC)cccc21. The van der Waals surface area contributed by atoms with E-state index in [1.807, 2.05) is 22.8 Å². The number of aromatic nitrogens is 2. The second-order valence-corrected chi connectivity index (χ2v) is 4.15. The first kappa shape index (κ1) is 12.6. The molecule has 0 radical (unpaired) electrons. The van der Waals surface area contributed by atoms with Crippen LogP contribution in [0.25, 0.3) is 11.0 Å². The number of para-hydroxylation sites is 1. The first-order chi connectivity index (χ1) is 8.67. The number of methoxy groups -OCH3 is 2. The standard InChI is InChI=1S/C12H14N2O3S/c1-16-9-5-3-4-8-11(9)13-12(18)14(8)7-6-10(15)17-2/h3-5H,6-7H2,1-2H3,(H,13,18). The lowest BCUT2D eigenvalue weighted by Gasteiger charge is -2.04. The summed E-state index contributed by atoms with van der Waals surface area (Å²) in [5, 5.41) is 0. The average molecular weight is 266 g/mol. The molecule has 5 nitrogen and oxygen atoms in total. The molecule has 0 amide bonds. The van der Waals surface area contributed by atoms with Crippen molar-refractivity contribution in [2.75, 3.05) is 14.2 Å². The highest BCUT2D eigenvalue weighted by Gasteiger charge is 2.10. The summed E-state index contributed by atoms with van der Waals surface area (Å²) in [6, 6.07) is 5.68. The summed E-state index contributed by atoms with van der Waals surface area (Å²) in [4.78, 5) is 14.3. The number of H-pyrrole nitrogens is 1. The van der Waals surface area contributed by atoms with Crippen molar-refractivity contribution < 1.29 is 14.3 Å². The van der Waals surface area contributed by atoms with Gasteiger partial charge in [0, 0.05) is 6.54 Å². The molecule has 0 saturated heterocycles. The zero-order valence-corrected chi connectivity index (χ0v) is 11.0. The Morgan fingerprint density at radius 1 is 1.44 bits per heavy atom.